The van der Waals surface area contributed by atoms with Crippen LogP contribution in [0.25, 0.3) is 0 Å². The number of rotatable bonds is 8. The van der Waals surface area contributed by atoms with Crippen LogP contribution < -0.4 is 0 Å². The largest absolute Gasteiger partial charge is 0.370 e. The highest BCUT2D eigenvalue weighted by Gasteiger charge is 2.07. The van der Waals surface area contributed by atoms with E-state index in [9.17, 15) is 4.79 Å². The van der Waals surface area contributed by atoms with Crippen molar-refractivity contribution in [1.29, 1.82) is 0 Å². The highest BCUT2D eigenvalue weighted by molar-refractivity contribution is 5.90. The average molecular weight is 182 g/mol. The van der Waals surface area contributed by atoms with Gasteiger partial charge in [0.25, 0.3) is 0 Å². The van der Waals surface area contributed by atoms with E-state index < -0.39 is 0 Å². The van der Waals surface area contributed by atoms with Gasteiger partial charge in [-0.25, -0.2) is 0 Å². The van der Waals surface area contributed by atoms with Crippen LogP contribution in [0.1, 0.15) is 26.2 Å². The summed E-state index contributed by atoms with van der Waals surface area (Å²) in [5, 5.41) is 0. The molecule has 1 atom stereocenters. The van der Waals surface area contributed by atoms with Gasteiger partial charge in [-0.05, 0) is 18.9 Å². The summed E-state index contributed by atoms with van der Waals surface area (Å²) in [4.78, 5) is 10.9. The number of ketones is 1. The molecule has 1 unspecified atom stereocenters. The van der Waals surface area contributed by atoms with Crippen LogP contribution in [0.4, 0.5) is 0 Å². The number of hydrogen-bond donors (Lipinski definition) is 0. The second-order valence-electron chi connectivity index (χ2n) is 2.92. The Morgan fingerprint density at radius 1 is 1.54 bits per heavy atom. The van der Waals surface area contributed by atoms with Gasteiger partial charge < -0.3 is 4.74 Å². The fourth-order valence-electron chi connectivity index (χ4n) is 1.04. The summed E-state index contributed by atoms with van der Waals surface area (Å²) < 4.78 is 5.38. The molecule has 2 nitrogen and oxygen atoms in total. The molecule has 13 heavy (non-hydrogen) atoms. The van der Waals surface area contributed by atoms with Gasteiger partial charge in [0, 0.05) is 0 Å². The summed E-state index contributed by atoms with van der Waals surface area (Å²) in [5.74, 6) is -0.0647. The molecule has 0 radical (unpaired) electrons. The van der Waals surface area contributed by atoms with Gasteiger partial charge in [-0.2, -0.15) is 0 Å². The molecule has 0 spiro atoms. The predicted molar refractivity (Wildman–Crippen MR) is 54.7 cm³/mol. The van der Waals surface area contributed by atoms with E-state index in [1.807, 2.05) is 6.08 Å². The van der Waals surface area contributed by atoms with Crippen LogP contribution in [0.15, 0.2) is 25.3 Å². The first-order valence-electron chi connectivity index (χ1n) is 4.62. The third-order valence-corrected chi connectivity index (χ3v) is 1.73. The van der Waals surface area contributed by atoms with Crippen LogP contribution in [0.2, 0.25) is 0 Å². The Bertz CT molecular complexity index is 173. The normalized spacial score (nSPS) is 12.1. The van der Waals surface area contributed by atoms with E-state index in [-0.39, 0.29) is 18.5 Å². The Balaban J connectivity index is 3.73. The highest BCUT2D eigenvalue weighted by atomic mass is 16.5. The lowest BCUT2D eigenvalue weighted by Crippen LogP contribution is -2.16. The minimum atomic E-state index is -0.0647. The SMILES string of the molecule is C=CCC(CCC)OCC(=O)C=C. The van der Waals surface area contributed by atoms with Gasteiger partial charge in [-0.15, -0.1) is 6.58 Å². The zero-order chi connectivity index (χ0) is 10.1. The molecule has 0 amide bonds. The standard InChI is InChI=1S/C11H18O2/c1-4-7-11(8-5-2)13-9-10(12)6-3/h4,6,11H,1,3,5,7-9H2,2H3. The van der Waals surface area contributed by atoms with Gasteiger partial charge >= 0.3 is 0 Å². The minimum absolute atomic E-state index is 0.0647. The topological polar surface area (TPSA) is 26.3 Å². The molecular weight excluding hydrogens is 164 g/mol. The van der Waals surface area contributed by atoms with Crippen molar-refractivity contribution >= 4 is 5.78 Å². The first kappa shape index (κ1) is 12.1. The van der Waals surface area contributed by atoms with Crippen molar-refractivity contribution in [2.75, 3.05) is 6.61 Å². The van der Waals surface area contributed by atoms with E-state index in [1.54, 1.807) is 0 Å². The Morgan fingerprint density at radius 3 is 2.69 bits per heavy atom. The van der Waals surface area contributed by atoms with Crippen LogP contribution in [0.5, 0.6) is 0 Å². The quantitative estimate of drug-likeness (QED) is 0.426. The Labute approximate surface area is 80.3 Å². The van der Waals surface area contributed by atoms with Gasteiger partial charge in [-0.3, -0.25) is 4.79 Å². The van der Waals surface area contributed by atoms with Crippen LogP contribution in [0.3, 0.4) is 0 Å². The summed E-state index contributed by atoms with van der Waals surface area (Å²) in [6.07, 6.45) is 6.07. The first-order valence-corrected chi connectivity index (χ1v) is 4.62. The van der Waals surface area contributed by atoms with Gasteiger partial charge in [-0.1, -0.05) is 26.0 Å². The summed E-state index contributed by atoms with van der Waals surface area (Å²) in [6.45, 7) is 9.26. The molecule has 2 heteroatoms. The minimum Gasteiger partial charge on any atom is -0.370 e. The lowest BCUT2D eigenvalue weighted by Gasteiger charge is -2.13. The third kappa shape index (κ3) is 6.29. The fraction of sp³-hybridized carbons (Fsp3) is 0.545. The predicted octanol–water partition coefficient (Wildman–Crippen LogP) is 2.50. The van der Waals surface area contributed by atoms with E-state index in [0.29, 0.717) is 0 Å². The van der Waals surface area contributed by atoms with E-state index in [4.69, 9.17) is 4.74 Å². The Morgan fingerprint density at radius 2 is 2.23 bits per heavy atom. The highest BCUT2D eigenvalue weighted by Crippen LogP contribution is 2.07. The molecule has 0 aliphatic carbocycles. The van der Waals surface area contributed by atoms with Crippen LogP contribution in [-0.2, 0) is 9.53 Å². The fourth-order valence-corrected chi connectivity index (χ4v) is 1.04. The monoisotopic (exact) mass is 182 g/mol. The molecule has 0 aliphatic heterocycles. The van der Waals surface area contributed by atoms with Gasteiger partial charge in [0.2, 0.25) is 0 Å². The first-order chi connectivity index (χ1) is 6.24. The van der Waals surface area contributed by atoms with E-state index in [2.05, 4.69) is 20.1 Å². The van der Waals surface area contributed by atoms with E-state index in [1.165, 1.54) is 6.08 Å². The second-order valence-corrected chi connectivity index (χ2v) is 2.92. The van der Waals surface area contributed by atoms with E-state index >= 15 is 0 Å². The summed E-state index contributed by atoms with van der Waals surface area (Å²) >= 11 is 0. The van der Waals surface area contributed by atoms with Gasteiger partial charge in [0.15, 0.2) is 5.78 Å². The molecule has 0 rings (SSSR count). The zero-order valence-electron chi connectivity index (χ0n) is 8.29. The maximum absolute atomic E-state index is 10.9. The molecule has 0 saturated carbocycles. The number of hydrogen-bond acceptors (Lipinski definition) is 2. The molecule has 0 fully saturated rings. The van der Waals surface area contributed by atoms with Crippen molar-refractivity contribution in [3.8, 4) is 0 Å². The van der Waals surface area contributed by atoms with Crippen molar-refractivity contribution in [1.82, 2.24) is 0 Å². The van der Waals surface area contributed by atoms with Crippen LogP contribution in [-0.4, -0.2) is 18.5 Å². The molecule has 0 aromatic carbocycles. The molecule has 0 aromatic heterocycles. The number of ether oxygens (including phenoxy) is 1. The maximum atomic E-state index is 10.9. The average Bonchev–Trinajstić information content (AvgIpc) is 2.14. The number of carbonyl (C=O) groups excluding carboxylic acids is 1. The lowest BCUT2D eigenvalue weighted by molar-refractivity contribution is -0.120. The van der Waals surface area contributed by atoms with Gasteiger partial charge in [0.1, 0.15) is 6.61 Å². The van der Waals surface area contributed by atoms with Crippen molar-refractivity contribution < 1.29 is 9.53 Å². The second kappa shape index (κ2) is 7.74. The van der Waals surface area contributed by atoms with E-state index in [0.717, 1.165) is 19.3 Å². The van der Waals surface area contributed by atoms with Crippen molar-refractivity contribution in [3.63, 3.8) is 0 Å². The molecule has 0 bridgehead atoms. The molecule has 74 valence electrons. The molecule has 0 aromatic rings. The van der Waals surface area contributed by atoms with Crippen LogP contribution >= 0.6 is 0 Å². The van der Waals surface area contributed by atoms with Crippen molar-refractivity contribution in [2.24, 2.45) is 0 Å². The lowest BCUT2D eigenvalue weighted by atomic mass is 10.1. The Hall–Kier alpha value is -0.890. The summed E-state index contributed by atoms with van der Waals surface area (Å²) in [5.41, 5.74) is 0. The van der Waals surface area contributed by atoms with Gasteiger partial charge in [0.05, 0.1) is 6.10 Å². The molecule has 0 N–H and O–H groups in total. The Kier molecular flexibility index (Phi) is 7.21. The molecule has 0 aliphatic rings. The van der Waals surface area contributed by atoms with Crippen molar-refractivity contribution in [2.45, 2.75) is 32.3 Å². The number of carbonyl (C=O) groups is 1. The molecule has 0 heterocycles. The zero-order valence-corrected chi connectivity index (χ0v) is 8.29. The molecule has 0 saturated heterocycles. The maximum Gasteiger partial charge on any atom is 0.180 e. The van der Waals surface area contributed by atoms with Crippen molar-refractivity contribution in [3.05, 3.63) is 25.3 Å². The smallest absolute Gasteiger partial charge is 0.180 e. The van der Waals surface area contributed by atoms with Crippen LogP contribution in [0, 0.1) is 0 Å². The summed E-state index contributed by atoms with van der Waals surface area (Å²) in [7, 11) is 0. The third-order valence-electron chi connectivity index (χ3n) is 1.73. The molecular formula is C11H18O2. The summed E-state index contributed by atoms with van der Waals surface area (Å²) in [6, 6.07) is 0.